The number of hydrogen-bond acceptors (Lipinski definition) is 10. The highest BCUT2D eigenvalue weighted by Crippen LogP contribution is 2.53. The second kappa shape index (κ2) is 10.3. The van der Waals surface area contributed by atoms with Gasteiger partial charge in [-0.05, 0) is 28.5 Å². The maximum Gasteiger partial charge on any atom is 0.229 e. The Morgan fingerprint density at radius 3 is 1.95 bits per heavy atom. The summed E-state index contributed by atoms with van der Waals surface area (Å²) in [5.74, 6) is 0.895. The van der Waals surface area contributed by atoms with Gasteiger partial charge in [-0.2, -0.15) is 0 Å². The van der Waals surface area contributed by atoms with E-state index < -0.39 is 43.2 Å². The molecular formula is C30H38O10. The molecule has 10 nitrogen and oxygen atoms in total. The molecule has 2 heterocycles. The first-order valence-corrected chi connectivity index (χ1v) is 13.6. The third-order valence-electron chi connectivity index (χ3n) is 8.19. The fraction of sp³-hybridized carbons (Fsp3) is 0.600. The lowest BCUT2D eigenvalue weighted by atomic mass is 9.65. The molecule has 0 saturated carbocycles. The van der Waals surface area contributed by atoms with Crippen LogP contribution in [0.1, 0.15) is 64.9 Å². The van der Waals surface area contributed by atoms with Gasteiger partial charge in [0.2, 0.25) is 6.29 Å². The maximum atomic E-state index is 13.5. The molecule has 1 aromatic rings. The number of aliphatic hydroxyl groups excluding tert-OH is 4. The summed E-state index contributed by atoms with van der Waals surface area (Å²) >= 11 is 0. The highest BCUT2D eigenvalue weighted by molar-refractivity contribution is 6.06. The summed E-state index contributed by atoms with van der Waals surface area (Å²) < 4.78 is 23.2. The van der Waals surface area contributed by atoms with Crippen LogP contribution in [-0.2, 0) is 19.1 Å². The van der Waals surface area contributed by atoms with Gasteiger partial charge < -0.3 is 39.4 Å². The predicted octanol–water partition coefficient (Wildman–Crippen LogP) is 2.27. The summed E-state index contributed by atoms with van der Waals surface area (Å²) in [7, 11) is 1.43. The van der Waals surface area contributed by atoms with Crippen LogP contribution in [0.2, 0.25) is 0 Å². The van der Waals surface area contributed by atoms with Crippen LogP contribution in [0.4, 0.5) is 0 Å². The summed E-state index contributed by atoms with van der Waals surface area (Å²) in [6, 6.07) is 5.00. The van der Waals surface area contributed by atoms with E-state index in [0.717, 1.165) is 0 Å². The van der Waals surface area contributed by atoms with Crippen LogP contribution >= 0.6 is 0 Å². The molecule has 2 aliphatic heterocycles. The Balaban J connectivity index is 1.55. The first-order chi connectivity index (χ1) is 18.7. The standard InChI is InChI=1S/C30H38O10/c1-29(2)9-15(32)23-19(11-29)38-20-12-30(3,4)10-16(33)24(20)22(23)14-6-7-17(18(8-14)37-5)39-28-27(36)26(35)25(34)21(13-31)40-28/h6-8,21-22,25-28,31,34-36H,9-13H2,1-5H3. The van der Waals surface area contributed by atoms with Crippen LogP contribution in [0.25, 0.3) is 0 Å². The Kier molecular flexibility index (Phi) is 7.37. The number of hydrogen-bond donors (Lipinski definition) is 4. The van der Waals surface area contributed by atoms with Gasteiger partial charge in [-0.1, -0.05) is 33.8 Å². The van der Waals surface area contributed by atoms with Crippen LogP contribution in [0.15, 0.2) is 40.9 Å². The lowest BCUT2D eigenvalue weighted by Gasteiger charge is -2.42. The van der Waals surface area contributed by atoms with Crippen molar-refractivity contribution in [3.05, 3.63) is 46.4 Å². The molecule has 2 aliphatic carbocycles. The minimum Gasteiger partial charge on any atom is -0.493 e. The Morgan fingerprint density at radius 1 is 0.850 bits per heavy atom. The van der Waals surface area contributed by atoms with Crippen molar-refractivity contribution in [1.29, 1.82) is 0 Å². The molecule has 0 aromatic heterocycles. The van der Waals surface area contributed by atoms with E-state index in [2.05, 4.69) is 0 Å². The van der Waals surface area contributed by atoms with E-state index in [-0.39, 0.29) is 33.9 Å². The number of aliphatic hydroxyl groups is 4. The zero-order chi connectivity index (χ0) is 29.1. The molecule has 4 aliphatic rings. The molecular weight excluding hydrogens is 520 g/mol. The average molecular weight is 559 g/mol. The number of allylic oxidation sites excluding steroid dienone is 4. The molecule has 4 N–H and O–H groups in total. The predicted molar refractivity (Wildman–Crippen MR) is 141 cm³/mol. The largest absolute Gasteiger partial charge is 0.493 e. The van der Waals surface area contributed by atoms with Gasteiger partial charge in [-0.15, -0.1) is 0 Å². The molecule has 1 saturated heterocycles. The third-order valence-corrected chi connectivity index (χ3v) is 8.19. The lowest BCUT2D eigenvalue weighted by molar-refractivity contribution is -0.277. The molecule has 0 spiro atoms. The van der Waals surface area contributed by atoms with Crippen molar-refractivity contribution in [2.24, 2.45) is 10.8 Å². The number of rotatable bonds is 5. The number of ketones is 2. The van der Waals surface area contributed by atoms with Crippen molar-refractivity contribution in [3.63, 3.8) is 0 Å². The van der Waals surface area contributed by atoms with Crippen molar-refractivity contribution in [2.45, 2.75) is 90.0 Å². The van der Waals surface area contributed by atoms with Gasteiger partial charge in [0.25, 0.3) is 0 Å². The van der Waals surface area contributed by atoms with Crippen LogP contribution in [-0.4, -0.2) is 76.4 Å². The van der Waals surface area contributed by atoms with E-state index in [4.69, 9.17) is 18.9 Å². The minimum atomic E-state index is -1.60. The van der Waals surface area contributed by atoms with Gasteiger partial charge in [0.1, 0.15) is 35.9 Å². The Bertz CT molecular complexity index is 1220. The van der Waals surface area contributed by atoms with Crippen molar-refractivity contribution in [2.75, 3.05) is 13.7 Å². The molecule has 5 unspecified atom stereocenters. The van der Waals surface area contributed by atoms with E-state index in [1.165, 1.54) is 7.11 Å². The van der Waals surface area contributed by atoms with Crippen LogP contribution in [0, 0.1) is 10.8 Å². The smallest absolute Gasteiger partial charge is 0.229 e. The van der Waals surface area contributed by atoms with Crippen LogP contribution in [0.3, 0.4) is 0 Å². The summed E-state index contributed by atoms with van der Waals surface area (Å²) in [6.45, 7) is 7.53. The molecule has 0 bridgehead atoms. The normalized spacial score (nSPS) is 31.9. The summed E-state index contributed by atoms with van der Waals surface area (Å²) in [6.07, 6.45) is -5.41. The number of benzene rings is 1. The fourth-order valence-corrected chi connectivity index (χ4v) is 6.26. The third kappa shape index (κ3) is 5.07. The van der Waals surface area contributed by atoms with Gasteiger partial charge in [-0.3, -0.25) is 9.59 Å². The van der Waals surface area contributed by atoms with Crippen LogP contribution < -0.4 is 9.47 Å². The Hall–Kier alpha value is -2.76. The first kappa shape index (κ1) is 28.8. The molecule has 218 valence electrons. The molecule has 0 amide bonds. The molecule has 5 rings (SSSR count). The summed E-state index contributed by atoms with van der Waals surface area (Å²) in [5, 5.41) is 40.1. The van der Waals surface area contributed by atoms with Crippen molar-refractivity contribution >= 4 is 11.6 Å². The lowest BCUT2D eigenvalue weighted by Crippen LogP contribution is -2.60. The van der Waals surface area contributed by atoms with Crippen molar-refractivity contribution < 1.29 is 49.0 Å². The van der Waals surface area contributed by atoms with Crippen molar-refractivity contribution in [1.82, 2.24) is 0 Å². The SMILES string of the molecule is COc1cc(C2C3=C(CC(C)(C)CC3=O)OC3=C2C(=O)CC(C)(C)C3)ccc1OC1OC(CO)C(O)C(O)C1O. The van der Waals surface area contributed by atoms with Gasteiger partial charge in [-0.25, -0.2) is 0 Å². The van der Waals surface area contributed by atoms with Gasteiger partial charge in [0.15, 0.2) is 23.1 Å². The van der Waals surface area contributed by atoms with Gasteiger partial charge >= 0.3 is 0 Å². The molecule has 5 atom stereocenters. The van der Waals surface area contributed by atoms with E-state index in [1.807, 2.05) is 27.7 Å². The molecule has 1 fully saturated rings. The van der Waals surface area contributed by atoms with E-state index >= 15 is 0 Å². The first-order valence-electron chi connectivity index (χ1n) is 13.6. The molecule has 40 heavy (non-hydrogen) atoms. The van der Waals surface area contributed by atoms with Crippen LogP contribution in [0.5, 0.6) is 11.5 Å². The van der Waals surface area contributed by atoms with Gasteiger partial charge in [0.05, 0.1) is 13.7 Å². The Labute approximate surface area is 233 Å². The molecule has 1 aromatic carbocycles. The van der Waals surface area contributed by atoms with Crippen molar-refractivity contribution in [3.8, 4) is 11.5 Å². The summed E-state index contributed by atoms with van der Waals surface area (Å²) in [4.78, 5) is 27.1. The monoisotopic (exact) mass is 558 g/mol. The maximum absolute atomic E-state index is 13.5. The summed E-state index contributed by atoms with van der Waals surface area (Å²) in [5.41, 5.74) is 1.11. The minimum absolute atomic E-state index is 0.0546. The molecule has 0 radical (unpaired) electrons. The highest BCUT2D eigenvalue weighted by atomic mass is 16.7. The zero-order valence-electron chi connectivity index (χ0n) is 23.5. The second-order valence-corrected chi connectivity index (χ2v) is 12.8. The Morgan fingerprint density at radius 2 is 1.43 bits per heavy atom. The molecule has 10 heteroatoms. The number of carbonyl (C=O) groups is 2. The zero-order valence-corrected chi connectivity index (χ0v) is 23.5. The topological polar surface area (TPSA) is 152 Å². The van der Waals surface area contributed by atoms with E-state index in [0.29, 0.717) is 53.9 Å². The van der Waals surface area contributed by atoms with Gasteiger partial charge in [0, 0.05) is 42.7 Å². The highest BCUT2D eigenvalue weighted by Gasteiger charge is 2.48. The number of carbonyl (C=O) groups excluding carboxylic acids is 2. The quantitative estimate of drug-likeness (QED) is 0.424. The number of ether oxygens (including phenoxy) is 4. The average Bonchev–Trinajstić information content (AvgIpc) is 2.86. The second-order valence-electron chi connectivity index (χ2n) is 12.8. The fourth-order valence-electron chi connectivity index (χ4n) is 6.26. The van der Waals surface area contributed by atoms with E-state index in [1.54, 1.807) is 18.2 Å². The van der Waals surface area contributed by atoms with E-state index in [9.17, 15) is 30.0 Å². The number of Topliss-reactive ketones (excluding diaryl/α,β-unsaturated/α-hetero) is 2. The number of methoxy groups -OCH3 is 1.